The van der Waals surface area contributed by atoms with Gasteiger partial charge in [0.2, 0.25) is 0 Å². The van der Waals surface area contributed by atoms with Gasteiger partial charge >= 0.3 is 0 Å². The van der Waals surface area contributed by atoms with Crippen molar-refractivity contribution in [2.75, 3.05) is 20.3 Å². The number of ether oxygens (including phenoxy) is 1. The second-order valence-electron chi connectivity index (χ2n) is 3.77. The third kappa shape index (κ3) is 3.29. The van der Waals surface area contributed by atoms with Gasteiger partial charge in [-0.05, 0) is 11.6 Å². The summed E-state index contributed by atoms with van der Waals surface area (Å²) >= 11 is 7.87. The molecule has 96 valence electrons. The molecule has 1 unspecified atom stereocenters. The van der Waals surface area contributed by atoms with E-state index in [-0.39, 0.29) is 6.04 Å². The second kappa shape index (κ2) is 6.85. The zero-order valence-corrected chi connectivity index (χ0v) is 11.7. The number of hydrogen-bond acceptors (Lipinski definition) is 4. The fraction of sp³-hybridized carbons (Fsp3) is 0.308. The highest BCUT2D eigenvalue weighted by Gasteiger charge is 2.18. The largest absolute Gasteiger partial charge is 0.383 e. The maximum absolute atomic E-state index is 6.25. The van der Waals surface area contributed by atoms with Crippen molar-refractivity contribution in [1.82, 2.24) is 10.3 Å². The fourth-order valence-electron chi connectivity index (χ4n) is 1.72. The van der Waals surface area contributed by atoms with E-state index >= 15 is 0 Å². The standard InChI is InChI=1S/C13H15ClN2OS/c1-17-8-6-15-12(13-16-7-9-18-13)10-4-2-3-5-11(10)14/h2-5,7,9,12,15H,6,8H2,1H3. The topological polar surface area (TPSA) is 34.1 Å². The smallest absolute Gasteiger partial charge is 0.114 e. The van der Waals surface area contributed by atoms with Crippen LogP contribution in [0.4, 0.5) is 0 Å². The van der Waals surface area contributed by atoms with Crippen molar-refractivity contribution in [2.24, 2.45) is 0 Å². The summed E-state index contributed by atoms with van der Waals surface area (Å²) in [7, 11) is 1.69. The Balaban J connectivity index is 2.22. The number of benzene rings is 1. The molecule has 2 aromatic rings. The molecule has 0 radical (unpaired) electrons. The highest BCUT2D eigenvalue weighted by Crippen LogP contribution is 2.29. The van der Waals surface area contributed by atoms with Gasteiger partial charge in [-0.25, -0.2) is 4.98 Å². The van der Waals surface area contributed by atoms with E-state index in [2.05, 4.69) is 10.3 Å². The molecule has 0 fully saturated rings. The normalized spacial score (nSPS) is 12.6. The Labute approximate surface area is 116 Å². The van der Waals surface area contributed by atoms with E-state index in [1.54, 1.807) is 18.4 Å². The molecule has 0 aliphatic heterocycles. The molecule has 1 atom stereocenters. The zero-order chi connectivity index (χ0) is 12.8. The van der Waals surface area contributed by atoms with Crippen LogP contribution >= 0.6 is 22.9 Å². The van der Waals surface area contributed by atoms with E-state index in [9.17, 15) is 0 Å². The van der Waals surface area contributed by atoms with Crippen LogP contribution in [0.25, 0.3) is 0 Å². The van der Waals surface area contributed by atoms with Gasteiger partial charge in [-0.15, -0.1) is 11.3 Å². The Morgan fingerprint density at radius 3 is 2.94 bits per heavy atom. The summed E-state index contributed by atoms with van der Waals surface area (Å²) in [5.41, 5.74) is 1.05. The van der Waals surface area contributed by atoms with E-state index in [1.165, 1.54) is 0 Å². The van der Waals surface area contributed by atoms with Crippen LogP contribution < -0.4 is 5.32 Å². The minimum Gasteiger partial charge on any atom is -0.383 e. The van der Waals surface area contributed by atoms with E-state index in [0.717, 1.165) is 22.1 Å². The Hall–Kier alpha value is -0.940. The minimum absolute atomic E-state index is 0.0221. The number of hydrogen-bond donors (Lipinski definition) is 1. The summed E-state index contributed by atoms with van der Waals surface area (Å²) in [6.45, 7) is 1.41. The van der Waals surface area contributed by atoms with Crippen molar-refractivity contribution in [2.45, 2.75) is 6.04 Å². The summed E-state index contributed by atoms with van der Waals surface area (Å²) in [5.74, 6) is 0. The molecule has 0 spiro atoms. The molecule has 0 bridgehead atoms. The molecule has 1 aromatic carbocycles. The second-order valence-corrected chi connectivity index (χ2v) is 5.11. The molecular formula is C13H15ClN2OS. The average molecular weight is 283 g/mol. The Morgan fingerprint density at radius 2 is 2.28 bits per heavy atom. The summed E-state index contributed by atoms with van der Waals surface area (Å²) in [5, 5.41) is 7.15. The van der Waals surface area contributed by atoms with E-state index in [4.69, 9.17) is 16.3 Å². The molecule has 0 saturated carbocycles. The van der Waals surface area contributed by atoms with Crippen LogP contribution in [0.3, 0.4) is 0 Å². The van der Waals surface area contributed by atoms with Gasteiger partial charge in [0.1, 0.15) is 5.01 Å². The van der Waals surface area contributed by atoms with Crippen molar-refractivity contribution >= 4 is 22.9 Å². The summed E-state index contributed by atoms with van der Waals surface area (Å²) < 4.78 is 5.06. The van der Waals surface area contributed by atoms with Crippen molar-refractivity contribution in [3.05, 3.63) is 51.4 Å². The molecule has 0 amide bonds. The third-order valence-electron chi connectivity index (χ3n) is 2.57. The van der Waals surface area contributed by atoms with E-state index < -0.39 is 0 Å². The van der Waals surface area contributed by atoms with Crippen LogP contribution in [0.5, 0.6) is 0 Å². The van der Waals surface area contributed by atoms with Gasteiger partial charge in [0.05, 0.1) is 12.6 Å². The van der Waals surface area contributed by atoms with Crippen LogP contribution in [0, 0.1) is 0 Å². The third-order valence-corrected chi connectivity index (χ3v) is 3.75. The Bertz CT molecular complexity index is 476. The minimum atomic E-state index is 0.0221. The lowest BCUT2D eigenvalue weighted by Gasteiger charge is -2.18. The number of nitrogens with one attached hydrogen (secondary N) is 1. The number of nitrogens with zero attached hydrogens (tertiary/aromatic N) is 1. The predicted molar refractivity (Wildman–Crippen MR) is 75.3 cm³/mol. The predicted octanol–water partition coefficient (Wildman–Crippen LogP) is 3.12. The van der Waals surface area contributed by atoms with Crippen LogP contribution in [-0.2, 0) is 4.74 Å². The number of aromatic nitrogens is 1. The molecule has 3 nitrogen and oxygen atoms in total. The van der Waals surface area contributed by atoms with Crippen molar-refractivity contribution < 1.29 is 4.74 Å². The van der Waals surface area contributed by atoms with Gasteiger partial charge in [0.15, 0.2) is 0 Å². The van der Waals surface area contributed by atoms with Crippen molar-refractivity contribution in [3.63, 3.8) is 0 Å². The molecule has 0 aliphatic rings. The van der Waals surface area contributed by atoms with E-state index in [0.29, 0.717) is 6.61 Å². The number of rotatable bonds is 6. The van der Waals surface area contributed by atoms with Crippen molar-refractivity contribution in [1.29, 1.82) is 0 Å². The first-order valence-corrected chi connectivity index (χ1v) is 6.95. The fourth-order valence-corrected chi connectivity index (χ4v) is 2.70. The first kappa shape index (κ1) is 13.5. The highest BCUT2D eigenvalue weighted by atomic mass is 35.5. The van der Waals surface area contributed by atoms with Crippen molar-refractivity contribution in [3.8, 4) is 0 Å². The maximum atomic E-state index is 6.25. The number of thiazole rings is 1. The molecule has 5 heteroatoms. The monoisotopic (exact) mass is 282 g/mol. The molecular weight excluding hydrogens is 268 g/mol. The lowest BCUT2D eigenvalue weighted by molar-refractivity contribution is 0.197. The van der Waals surface area contributed by atoms with Gasteiger partial charge in [0.25, 0.3) is 0 Å². The Kier molecular flexibility index (Phi) is 5.13. The molecule has 1 aromatic heterocycles. The average Bonchev–Trinajstić information content (AvgIpc) is 2.90. The first-order valence-electron chi connectivity index (χ1n) is 5.69. The van der Waals surface area contributed by atoms with Gasteiger partial charge in [-0.3, -0.25) is 0 Å². The maximum Gasteiger partial charge on any atom is 0.114 e. The summed E-state index contributed by atoms with van der Waals surface area (Å²) in [6, 6.07) is 7.86. The molecule has 0 aliphatic carbocycles. The summed E-state index contributed by atoms with van der Waals surface area (Å²) in [6.07, 6.45) is 1.81. The lowest BCUT2D eigenvalue weighted by atomic mass is 10.1. The molecule has 1 heterocycles. The molecule has 18 heavy (non-hydrogen) atoms. The zero-order valence-electron chi connectivity index (χ0n) is 10.1. The lowest BCUT2D eigenvalue weighted by Crippen LogP contribution is -2.26. The summed E-state index contributed by atoms with van der Waals surface area (Å²) in [4.78, 5) is 4.37. The van der Waals surface area contributed by atoms with Crippen LogP contribution in [0.15, 0.2) is 35.8 Å². The van der Waals surface area contributed by atoms with Gasteiger partial charge < -0.3 is 10.1 Å². The number of halogens is 1. The first-order chi connectivity index (χ1) is 8.83. The van der Waals surface area contributed by atoms with Crippen LogP contribution in [0.1, 0.15) is 16.6 Å². The van der Waals surface area contributed by atoms with Gasteiger partial charge in [0, 0.05) is 30.3 Å². The van der Waals surface area contributed by atoms with Crippen LogP contribution in [-0.4, -0.2) is 25.2 Å². The highest BCUT2D eigenvalue weighted by molar-refractivity contribution is 7.09. The van der Waals surface area contributed by atoms with E-state index in [1.807, 2.05) is 35.8 Å². The number of methoxy groups -OCH3 is 1. The molecule has 2 rings (SSSR count). The SMILES string of the molecule is COCCNC(c1nccs1)c1ccccc1Cl. The van der Waals surface area contributed by atoms with Gasteiger partial charge in [-0.1, -0.05) is 29.8 Å². The van der Waals surface area contributed by atoms with Crippen LogP contribution in [0.2, 0.25) is 5.02 Å². The molecule has 1 N–H and O–H groups in total. The molecule has 0 saturated heterocycles. The Morgan fingerprint density at radius 1 is 1.44 bits per heavy atom. The van der Waals surface area contributed by atoms with Gasteiger partial charge in [-0.2, -0.15) is 0 Å². The quantitative estimate of drug-likeness (QED) is 0.827.